The van der Waals surface area contributed by atoms with Crippen molar-refractivity contribution in [1.29, 1.82) is 0 Å². The van der Waals surface area contributed by atoms with Crippen molar-refractivity contribution in [3.63, 3.8) is 0 Å². The maximum absolute atomic E-state index is 13.9. The average Bonchev–Trinajstić information content (AvgIpc) is 2.42. The summed E-state index contributed by atoms with van der Waals surface area (Å²) in [6.45, 7) is 3.62. The Morgan fingerprint density at radius 1 is 1.19 bits per heavy atom. The molecule has 21 heavy (non-hydrogen) atoms. The molecule has 0 fully saturated rings. The lowest BCUT2D eigenvalue weighted by molar-refractivity contribution is 0.0143. The highest BCUT2D eigenvalue weighted by molar-refractivity contribution is 5.28. The predicted molar refractivity (Wildman–Crippen MR) is 73.6 cm³/mol. The van der Waals surface area contributed by atoms with Crippen LogP contribution in [0.1, 0.15) is 36.9 Å². The van der Waals surface area contributed by atoms with E-state index in [9.17, 15) is 17.6 Å². The molecule has 120 valence electrons. The van der Waals surface area contributed by atoms with E-state index in [4.69, 9.17) is 4.74 Å². The van der Waals surface area contributed by atoms with Crippen LogP contribution in [0.5, 0.6) is 0 Å². The number of hydrogen-bond donors (Lipinski definition) is 1. The molecule has 6 heteroatoms. The number of benzene rings is 1. The standard InChI is InChI=1S/C15H21F4NO/c1-3-5-20-14(4-6-21-9-15(18)19)11-7-10(2)12(16)8-13(11)17/h7-8,14-15,20H,3-6,9H2,1-2H3. The van der Waals surface area contributed by atoms with Crippen molar-refractivity contribution in [3.8, 4) is 0 Å². The molecule has 1 unspecified atom stereocenters. The summed E-state index contributed by atoms with van der Waals surface area (Å²) in [5, 5.41) is 3.13. The van der Waals surface area contributed by atoms with Crippen LogP contribution in [0.2, 0.25) is 0 Å². The largest absolute Gasteiger partial charge is 0.375 e. The van der Waals surface area contributed by atoms with Crippen LogP contribution < -0.4 is 5.32 Å². The molecular weight excluding hydrogens is 286 g/mol. The van der Waals surface area contributed by atoms with E-state index in [1.54, 1.807) is 6.92 Å². The van der Waals surface area contributed by atoms with E-state index in [0.29, 0.717) is 24.1 Å². The van der Waals surface area contributed by atoms with E-state index < -0.39 is 24.7 Å². The summed E-state index contributed by atoms with van der Waals surface area (Å²) in [5.41, 5.74) is 0.686. The zero-order chi connectivity index (χ0) is 15.8. The first-order valence-corrected chi connectivity index (χ1v) is 7.00. The van der Waals surface area contributed by atoms with Crippen molar-refractivity contribution in [2.75, 3.05) is 19.8 Å². The van der Waals surface area contributed by atoms with Crippen LogP contribution in [0.15, 0.2) is 12.1 Å². The highest BCUT2D eigenvalue weighted by atomic mass is 19.3. The minimum atomic E-state index is -2.52. The number of rotatable bonds is 9. The number of aryl methyl sites for hydroxylation is 1. The van der Waals surface area contributed by atoms with Gasteiger partial charge in [-0.2, -0.15) is 0 Å². The molecule has 0 aliphatic carbocycles. The van der Waals surface area contributed by atoms with Gasteiger partial charge in [-0.05, 0) is 37.9 Å². The Bertz CT molecular complexity index is 440. The number of hydrogen-bond acceptors (Lipinski definition) is 2. The van der Waals surface area contributed by atoms with Crippen molar-refractivity contribution in [3.05, 3.63) is 34.9 Å². The smallest absolute Gasteiger partial charge is 0.261 e. The molecule has 0 aliphatic heterocycles. The molecule has 0 amide bonds. The molecule has 0 spiro atoms. The molecule has 1 N–H and O–H groups in total. The quantitative estimate of drug-likeness (QED) is 0.550. The van der Waals surface area contributed by atoms with Crippen LogP contribution in [-0.4, -0.2) is 26.2 Å². The first-order chi connectivity index (χ1) is 9.95. The third-order valence-electron chi connectivity index (χ3n) is 3.09. The average molecular weight is 307 g/mol. The Labute approximate surface area is 122 Å². The molecule has 0 saturated heterocycles. The maximum Gasteiger partial charge on any atom is 0.261 e. The molecule has 1 rings (SSSR count). The van der Waals surface area contributed by atoms with Crippen molar-refractivity contribution in [2.24, 2.45) is 0 Å². The lowest BCUT2D eigenvalue weighted by Gasteiger charge is -2.20. The van der Waals surface area contributed by atoms with Gasteiger partial charge in [0.2, 0.25) is 0 Å². The number of halogens is 4. The first-order valence-electron chi connectivity index (χ1n) is 7.00. The van der Waals surface area contributed by atoms with E-state index in [1.165, 1.54) is 6.07 Å². The zero-order valence-electron chi connectivity index (χ0n) is 12.3. The van der Waals surface area contributed by atoms with Gasteiger partial charge in [0.15, 0.2) is 0 Å². The van der Waals surface area contributed by atoms with Gasteiger partial charge in [-0.1, -0.05) is 6.92 Å². The second kappa shape index (κ2) is 9.00. The van der Waals surface area contributed by atoms with Gasteiger partial charge in [-0.3, -0.25) is 0 Å². The molecule has 0 aromatic heterocycles. The van der Waals surface area contributed by atoms with Gasteiger partial charge in [0.1, 0.15) is 18.2 Å². The normalized spacial score (nSPS) is 12.9. The first kappa shape index (κ1) is 17.9. The lowest BCUT2D eigenvalue weighted by Crippen LogP contribution is -2.25. The van der Waals surface area contributed by atoms with Crippen LogP contribution in [-0.2, 0) is 4.74 Å². The summed E-state index contributed by atoms with van der Waals surface area (Å²) in [6.07, 6.45) is -1.33. The predicted octanol–water partition coefficient (Wildman–Crippen LogP) is 3.99. The van der Waals surface area contributed by atoms with Crippen molar-refractivity contribution in [2.45, 2.75) is 39.2 Å². The summed E-state index contributed by atoms with van der Waals surface area (Å²) in [6, 6.07) is 1.91. The molecule has 0 saturated carbocycles. The third-order valence-corrected chi connectivity index (χ3v) is 3.09. The van der Waals surface area contributed by atoms with Gasteiger partial charge in [0, 0.05) is 24.3 Å². The fourth-order valence-corrected chi connectivity index (χ4v) is 2.01. The molecular formula is C15H21F4NO. The van der Waals surface area contributed by atoms with Gasteiger partial charge in [-0.15, -0.1) is 0 Å². The fraction of sp³-hybridized carbons (Fsp3) is 0.600. The van der Waals surface area contributed by atoms with Crippen molar-refractivity contribution in [1.82, 2.24) is 5.32 Å². The molecule has 1 aromatic carbocycles. The van der Waals surface area contributed by atoms with Crippen molar-refractivity contribution >= 4 is 0 Å². The molecule has 1 aromatic rings. The monoisotopic (exact) mass is 307 g/mol. The minimum Gasteiger partial charge on any atom is -0.375 e. The fourth-order valence-electron chi connectivity index (χ4n) is 2.01. The van der Waals surface area contributed by atoms with Crippen LogP contribution >= 0.6 is 0 Å². The topological polar surface area (TPSA) is 21.3 Å². The minimum absolute atomic E-state index is 0.0849. The molecule has 0 bridgehead atoms. The Balaban J connectivity index is 2.74. The van der Waals surface area contributed by atoms with E-state index in [2.05, 4.69) is 5.32 Å². The SMILES string of the molecule is CCCNC(CCOCC(F)F)c1cc(C)c(F)cc1F. The van der Waals surface area contributed by atoms with Gasteiger partial charge < -0.3 is 10.1 Å². The summed E-state index contributed by atoms with van der Waals surface area (Å²) in [7, 11) is 0. The highest BCUT2D eigenvalue weighted by Gasteiger charge is 2.17. The Hall–Kier alpha value is -1.14. The van der Waals surface area contributed by atoms with Gasteiger partial charge >= 0.3 is 0 Å². The second-order valence-corrected chi connectivity index (χ2v) is 4.88. The molecule has 0 heterocycles. The molecule has 1 atom stereocenters. The van der Waals surface area contributed by atoms with Crippen molar-refractivity contribution < 1.29 is 22.3 Å². The van der Waals surface area contributed by atoms with Gasteiger partial charge in [0.05, 0.1) is 0 Å². The molecule has 2 nitrogen and oxygen atoms in total. The third kappa shape index (κ3) is 6.01. The van der Waals surface area contributed by atoms with E-state index in [-0.39, 0.29) is 12.6 Å². The summed E-state index contributed by atoms with van der Waals surface area (Å²) >= 11 is 0. The number of alkyl halides is 2. The zero-order valence-corrected chi connectivity index (χ0v) is 12.3. The Morgan fingerprint density at radius 2 is 1.90 bits per heavy atom. The molecule has 0 radical (unpaired) electrons. The van der Waals surface area contributed by atoms with Gasteiger partial charge in [0.25, 0.3) is 6.43 Å². The number of nitrogens with one attached hydrogen (secondary N) is 1. The van der Waals surface area contributed by atoms with Crippen LogP contribution in [0.4, 0.5) is 17.6 Å². The maximum atomic E-state index is 13.9. The van der Waals surface area contributed by atoms with Crippen LogP contribution in [0.3, 0.4) is 0 Å². The van der Waals surface area contributed by atoms with Gasteiger partial charge in [-0.25, -0.2) is 17.6 Å². The second-order valence-electron chi connectivity index (χ2n) is 4.88. The highest BCUT2D eigenvalue weighted by Crippen LogP contribution is 2.23. The number of ether oxygens (including phenoxy) is 1. The summed E-state index contributed by atoms with van der Waals surface area (Å²) in [5.74, 6) is -1.24. The Kier molecular flexibility index (Phi) is 7.67. The molecule has 0 aliphatic rings. The van der Waals surface area contributed by atoms with Crippen LogP contribution in [0, 0.1) is 18.6 Å². The van der Waals surface area contributed by atoms with E-state index in [1.807, 2.05) is 6.92 Å². The van der Waals surface area contributed by atoms with E-state index in [0.717, 1.165) is 12.5 Å². The Morgan fingerprint density at radius 3 is 2.52 bits per heavy atom. The summed E-state index contributed by atoms with van der Waals surface area (Å²) in [4.78, 5) is 0. The van der Waals surface area contributed by atoms with Crippen LogP contribution in [0.25, 0.3) is 0 Å². The van der Waals surface area contributed by atoms with E-state index >= 15 is 0 Å². The lowest BCUT2D eigenvalue weighted by atomic mass is 10.0. The summed E-state index contributed by atoms with van der Waals surface area (Å²) < 4.78 is 56.0.